The van der Waals surface area contributed by atoms with Crippen molar-refractivity contribution in [1.29, 1.82) is 0 Å². The minimum Gasteiger partial charge on any atom is -0.484 e. The van der Waals surface area contributed by atoms with Gasteiger partial charge in [-0.25, -0.2) is 4.39 Å². The number of carbonyl (C=O) groups excluding carboxylic acids is 1. The Morgan fingerprint density at radius 3 is 2.91 bits per heavy atom. The van der Waals surface area contributed by atoms with E-state index in [2.05, 4.69) is 0 Å². The number of aryl methyl sites for hydroxylation is 1. The molecule has 1 heterocycles. The predicted molar refractivity (Wildman–Crippen MR) is 84.0 cm³/mol. The highest BCUT2D eigenvalue weighted by atomic mass is 35.5. The van der Waals surface area contributed by atoms with Crippen LogP contribution in [0.3, 0.4) is 0 Å². The van der Waals surface area contributed by atoms with Crippen LogP contribution in [0.15, 0.2) is 42.5 Å². The minimum absolute atomic E-state index is 0.0201. The lowest BCUT2D eigenvalue weighted by Gasteiger charge is -2.29. The first-order chi connectivity index (χ1) is 10.6. The number of fused-ring (bicyclic) bond motifs is 1. The number of benzene rings is 2. The van der Waals surface area contributed by atoms with Gasteiger partial charge in [-0.15, -0.1) is 0 Å². The molecule has 1 aliphatic heterocycles. The van der Waals surface area contributed by atoms with Crippen LogP contribution in [0.4, 0.5) is 10.1 Å². The van der Waals surface area contributed by atoms with Crippen molar-refractivity contribution in [3.63, 3.8) is 0 Å². The molecule has 3 nitrogen and oxygen atoms in total. The zero-order chi connectivity index (χ0) is 15.5. The van der Waals surface area contributed by atoms with Gasteiger partial charge in [-0.05, 0) is 36.6 Å². The van der Waals surface area contributed by atoms with Gasteiger partial charge in [0.05, 0.1) is 5.02 Å². The molecule has 3 rings (SSSR count). The van der Waals surface area contributed by atoms with Gasteiger partial charge in [0.25, 0.3) is 5.91 Å². The first kappa shape index (κ1) is 14.9. The van der Waals surface area contributed by atoms with E-state index in [4.69, 9.17) is 16.3 Å². The first-order valence-electron chi connectivity index (χ1n) is 7.11. The summed E-state index contributed by atoms with van der Waals surface area (Å²) in [5.74, 6) is -0.247. The van der Waals surface area contributed by atoms with Crippen molar-refractivity contribution in [2.24, 2.45) is 0 Å². The molecule has 0 atom stereocenters. The average molecular weight is 320 g/mol. The molecule has 2 aromatic carbocycles. The van der Waals surface area contributed by atoms with Crippen LogP contribution in [0.2, 0.25) is 5.02 Å². The summed E-state index contributed by atoms with van der Waals surface area (Å²) < 4.78 is 18.5. The Morgan fingerprint density at radius 1 is 1.27 bits per heavy atom. The van der Waals surface area contributed by atoms with E-state index in [0.29, 0.717) is 12.3 Å². The second-order valence-corrected chi connectivity index (χ2v) is 5.55. The summed E-state index contributed by atoms with van der Waals surface area (Å²) in [5.41, 5.74) is 2.12. The van der Waals surface area contributed by atoms with Crippen LogP contribution >= 0.6 is 11.6 Å². The van der Waals surface area contributed by atoms with Crippen molar-refractivity contribution in [2.75, 3.05) is 18.1 Å². The minimum atomic E-state index is -0.509. The standard InChI is InChI=1S/C17H15ClFNO2/c18-14-10-13(7-8-15(14)19)22-11-17(21)20-9-3-5-12-4-1-2-6-16(12)20/h1-2,4,6-8,10H,3,5,9,11H2. The number of rotatable bonds is 3. The third-order valence-electron chi connectivity index (χ3n) is 3.66. The van der Waals surface area contributed by atoms with Gasteiger partial charge in [0.1, 0.15) is 11.6 Å². The molecule has 1 amide bonds. The second-order valence-electron chi connectivity index (χ2n) is 5.14. The summed E-state index contributed by atoms with van der Waals surface area (Å²) in [4.78, 5) is 14.1. The number of ether oxygens (including phenoxy) is 1. The SMILES string of the molecule is O=C(COc1ccc(F)c(Cl)c1)N1CCCc2ccccc21. The Bertz CT molecular complexity index is 705. The summed E-state index contributed by atoms with van der Waals surface area (Å²) in [7, 11) is 0. The summed E-state index contributed by atoms with van der Waals surface area (Å²) in [6.45, 7) is 0.583. The lowest BCUT2D eigenvalue weighted by atomic mass is 10.0. The van der Waals surface area contributed by atoms with E-state index in [-0.39, 0.29) is 17.5 Å². The molecular formula is C17H15ClFNO2. The monoisotopic (exact) mass is 319 g/mol. The molecule has 2 aromatic rings. The number of hydrogen-bond acceptors (Lipinski definition) is 2. The third-order valence-corrected chi connectivity index (χ3v) is 3.95. The Morgan fingerprint density at radius 2 is 2.09 bits per heavy atom. The highest BCUT2D eigenvalue weighted by Gasteiger charge is 2.22. The number of anilines is 1. The lowest BCUT2D eigenvalue weighted by Crippen LogP contribution is -2.38. The van der Waals surface area contributed by atoms with Crippen molar-refractivity contribution >= 4 is 23.2 Å². The number of nitrogens with zero attached hydrogens (tertiary/aromatic N) is 1. The first-order valence-corrected chi connectivity index (χ1v) is 7.49. The maximum atomic E-state index is 13.1. The van der Waals surface area contributed by atoms with Crippen molar-refractivity contribution in [3.8, 4) is 5.75 Å². The molecule has 22 heavy (non-hydrogen) atoms. The van der Waals surface area contributed by atoms with Gasteiger partial charge in [-0.1, -0.05) is 29.8 Å². The molecule has 0 saturated heterocycles. The van der Waals surface area contributed by atoms with Gasteiger partial charge in [-0.3, -0.25) is 4.79 Å². The zero-order valence-electron chi connectivity index (χ0n) is 11.9. The van der Waals surface area contributed by atoms with Crippen molar-refractivity contribution in [1.82, 2.24) is 0 Å². The summed E-state index contributed by atoms with van der Waals surface area (Å²) in [5, 5.41) is -0.0201. The average Bonchev–Trinajstić information content (AvgIpc) is 2.55. The van der Waals surface area contributed by atoms with Crippen LogP contribution in [0.5, 0.6) is 5.75 Å². The van der Waals surface area contributed by atoms with E-state index >= 15 is 0 Å². The third kappa shape index (κ3) is 3.07. The second kappa shape index (κ2) is 6.36. The molecule has 1 aliphatic rings. The lowest BCUT2D eigenvalue weighted by molar-refractivity contribution is -0.120. The van der Waals surface area contributed by atoms with E-state index in [1.54, 1.807) is 4.90 Å². The molecule has 0 fully saturated rings. The molecular weight excluding hydrogens is 305 g/mol. The smallest absolute Gasteiger partial charge is 0.264 e. The van der Waals surface area contributed by atoms with Crippen molar-refractivity contribution < 1.29 is 13.9 Å². The number of hydrogen-bond donors (Lipinski definition) is 0. The fourth-order valence-electron chi connectivity index (χ4n) is 2.58. The zero-order valence-corrected chi connectivity index (χ0v) is 12.6. The van der Waals surface area contributed by atoms with Crippen LogP contribution in [0.1, 0.15) is 12.0 Å². The Balaban J connectivity index is 1.69. The highest BCUT2D eigenvalue weighted by molar-refractivity contribution is 6.30. The van der Waals surface area contributed by atoms with Gasteiger partial charge in [0.2, 0.25) is 0 Å². The van der Waals surface area contributed by atoms with E-state index in [9.17, 15) is 9.18 Å². The van der Waals surface area contributed by atoms with E-state index in [1.165, 1.54) is 23.8 Å². The molecule has 0 radical (unpaired) electrons. The summed E-state index contributed by atoms with van der Waals surface area (Å²) in [6, 6.07) is 11.9. The molecule has 0 aliphatic carbocycles. The van der Waals surface area contributed by atoms with Gasteiger partial charge in [0.15, 0.2) is 6.61 Å². The van der Waals surface area contributed by atoms with E-state index in [1.807, 2.05) is 24.3 Å². The summed E-state index contributed by atoms with van der Waals surface area (Å²) in [6.07, 6.45) is 1.92. The Hall–Kier alpha value is -2.07. The van der Waals surface area contributed by atoms with Crippen LogP contribution in [-0.4, -0.2) is 19.1 Å². The molecule has 0 N–H and O–H groups in total. The number of carbonyl (C=O) groups is 1. The van der Waals surface area contributed by atoms with E-state index < -0.39 is 5.82 Å². The van der Waals surface area contributed by atoms with Crippen LogP contribution < -0.4 is 9.64 Å². The maximum Gasteiger partial charge on any atom is 0.264 e. The molecule has 114 valence electrons. The molecule has 0 spiro atoms. The molecule has 0 bridgehead atoms. The van der Waals surface area contributed by atoms with Crippen LogP contribution in [0, 0.1) is 5.82 Å². The van der Waals surface area contributed by atoms with Gasteiger partial charge >= 0.3 is 0 Å². The topological polar surface area (TPSA) is 29.5 Å². The normalized spacial score (nSPS) is 13.6. The largest absolute Gasteiger partial charge is 0.484 e. The van der Waals surface area contributed by atoms with Gasteiger partial charge < -0.3 is 9.64 Å². The van der Waals surface area contributed by atoms with Crippen molar-refractivity contribution in [3.05, 3.63) is 58.9 Å². The quantitative estimate of drug-likeness (QED) is 0.860. The predicted octanol–water partition coefficient (Wildman–Crippen LogP) is 3.84. The molecule has 0 aromatic heterocycles. The number of halogens is 2. The van der Waals surface area contributed by atoms with Gasteiger partial charge in [0, 0.05) is 18.3 Å². The summed E-state index contributed by atoms with van der Waals surface area (Å²) >= 11 is 5.69. The molecule has 5 heteroatoms. The maximum absolute atomic E-state index is 13.1. The fraction of sp³-hybridized carbons (Fsp3) is 0.235. The van der Waals surface area contributed by atoms with E-state index in [0.717, 1.165) is 18.5 Å². The number of para-hydroxylation sites is 1. The number of amides is 1. The van der Waals surface area contributed by atoms with Crippen molar-refractivity contribution in [2.45, 2.75) is 12.8 Å². The fourth-order valence-corrected chi connectivity index (χ4v) is 2.75. The highest BCUT2D eigenvalue weighted by Crippen LogP contribution is 2.27. The molecule has 0 unspecified atom stereocenters. The van der Waals surface area contributed by atoms with Crippen LogP contribution in [0.25, 0.3) is 0 Å². The Kier molecular flexibility index (Phi) is 4.29. The van der Waals surface area contributed by atoms with Crippen LogP contribution in [-0.2, 0) is 11.2 Å². The Labute approximate surface area is 133 Å². The molecule has 0 saturated carbocycles. The van der Waals surface area contributed by atoms with Gasteiger partial charge in [-0.2, -0.15) is 0 Å².